The van der Waals surface area contributed by atoms with Crippen LogP contribution in [-0.2, 0) is 0 Å². The standard InChI is InChI=1S/C31H24Si/c1-3-11-24(12-4-1)32(25-13-5-2-6-14-25)26-21-19-23(20-22-26)31-29-17-9-7-15-27(29)28-16-8-10-18-30(28)31/h1-22,31-32H. The third kappa shape index (κ3) is 3.23. The zero-order valence-corrected chi connectivity index (χ0v) is 19.0. The van der Waals surface area contributed by atoms with Crippen molar-refractivity contribution >= 4 is 24.4 Å². The molecule has 0 spiro atoms. The second-order valence-corrected chi connectivity index (χ2v) is 11.4. The van der Waals surface area contributed by atoms with Crippen molar-refractivity contribution in [2.45, 2.75) is 5.92 Å². The van der Waals surface area contributed by atoms with Gasteiger partial charge in [0.1, 0.15) is 8.80 Å². The summed E-state index contributed by atoms with van der Waals surface area (Å²) in [6, 6.07) is 49.3. The Hall–Kier alpha value is -3.68. The minimum absolute atomic E-state index is 0.310. The third-order valence-electron chi connectivity index (χ3n) is 6.70. The number of hydrogen-bond donors (Lipinski definition) is 0. The van der Waals surface area contributed by atoms with Gasteiger partial charge in [0.25, 0.3) is 0 Å². The molecule has 152 valence electrons. The molecule has 0 nitrogen and oxygen atoms in total. The lowest BCUT2D eigenvalue weighted by atomic mass is 9.89. The summed E-state index contributed by atoms with van der Waals surface area (Å²) in [5, 5.41) is 4.39. The number of rotatable bonds is 4. The zero-order chi connectivity index (χ0) is 21.3. The topological polar surface area (TPSA) is 0 Å². The van der Waals surface area contributed by atoms with Gasteiger partial charge in [-0.25, -0.2) is 0 Å². The molecule has 0 saturated carbocycles. The maximum Gasteiger partial charge on any atom is 0.132 e. The fourth-order valence-electron chi connectivity index (χ4n) is 5.26. The average molecular weight is 425 g/mol. The summed E-state index contributed by atoms with van der Waals surface area (Å²) >= 11 is 0. The minimum atomic E-state index is -1.50. The quantitative estimate of drug-likeness (QED) is 0.273. The summed E-state index contributed by atoms with van der Waals surface area (Å²) in [5.41, 5.74) is 6.96. The molecule has 0 amide bonds. The average Bonchev–Trinajstić information content (AvgIpc) is 3.21. The predicted molar refractivity (Wildman–Crippen MR) is 138 cm³/mol. The summed E-state index contributed by atoms with van der Waals surface area (Å²) in [6.07, 6.45) is 0. The molecule has 6 rings (SSSR count). The molecule has 1 aliphatic carbocycles. The summed E-state index contributed by atoms with van der Waals surface area (Å²) in [7, 11) is -1.50. The predicted octanol–water partition coefficient (Wildman–Crippen LogP) is 5.10. The van der Waals surface area contributed by atoms with Crippen LogP contribution in [0.15, 0.2) is 133 Å². The highest BCUT2D eigenvalue weighted by atomic mass is 28.3. The number of fused-ring (bicyclic) bond motifs is 3. The molecule has 0 aliphatic heterocycles. The normalized spacial score (nSPS) is 12.5. The van der Waals surface area contributed by atoms with Gasteiger partial charge in [0.15, 0.2) is 0 Å². The molecule has 0 unspecified atom stereocenters. The van der Waals surface area contributed by atoms with Crippen molar-refractivity contribution in [3.63, 3.8) is 0 Å². The van der Waals surface area contributed by atoms with Crippen molar-refractivity contribution < 1.29 is 0 Å². The van der Waals surface area contributed by atoms with Gasteiger partial charge in [-0.15, -0.1) is 0 Å². The van der Waals surface area contributed by atoms with Gasteiger partial charge in [-0.3, -0.25) is 0 Å². The van der Waals surface area contributed by atoms with Gasteiger partial charge in [0, 0.05) is 5.92 Å². The van der Waals surface area contributed by atoms with E-state index in [1.807, 2.05) is 0 Å². The molecule has 0 aromatic heterocycles. The maximum absolute atomic E-state index is 2.38. The van der Waals surface area contributed by atoms with Crippen LogP contribution in [0.3, 0.4) is 0 Å². The fourth-order valence-corrected chi connectivity index (χ4v) is 8.21. The van der Waals surface area contributed by atoms with Crippen molar-refractivity contribution in [1.82, 2.24) is 0 Å². The van der Waals surface area contributed by atoms with Gasteiger partial charge in [-0.2, -0.15) is 0 Å². The number of hydrogen-bond acceptors (Lipinski definition) is 0. The van der Waals surface area contributed by atoms with Crippen LogP contribution in [0, 0.1) is 0 Å². The molecule has 0 N–H and O–H groups in total. The van der Waals surface area contributed by atoms with E-state index in [1.165, 1.54) is 43.4 Å². The monoisotopic (exact) mass is 424 g/mol. The van der Waals surface area contributed by atoms with Gasteiger partial charge >= 0.3 is 0 Å². The summed E-state index contributed by atoms with van der Waals surface area (Å²) < 4.78 is 0. The van der Waals surface area contributed by atoms with Gasteiger partial charge < -0.3 is 0 Å². The van der Waals surface area contributed by atoms with Crippen molar-refractivity contribution in [3.05, 3.63) is 150 Å². The molecule has 5 aromatic rings. The maximum atomic E-state index is 2.38. The SMILES string of the molecule is c1ccc([SiH](c2ccccc2)c2ccc(C3c4ccccc4-c4ccccc43)cc2)cc1. The number of benzene rings is 5. The van der Waals surface area contributed by atoms with Gasteiger partial charge in [-0.1, -0.05) is 149 Å². The first-order valence-corrected chi connectivity index (χ1v) is 13.0. The highest BCUT2D eigenvalue weighted by Gasteiger charge is 2.29. The smallest absolute Gasteiger partial charge is 0.0625 e. The Morgan fingerprint density at radius 1 is 0.375 bits per heavy atom. The van der Waals surface area contributed by atoms with Crippen molar-refractivity contribution in [2.24, 2.45) is 0 Å². The first kappa shape index (κ1) is 19.0. The lowest BCUT2D eigenvalue weighted by Crippen LogP contribution is -2.51. The summed E-state index contributed by atoms with van der Waals surface area (Å²) in [5.74, 6) is 0.310. The molecular formula is C31H24Si. The van der Waals surface area contributed by atoms with E-state index in [-0.39, 0.29) is 0 Å². The molecule has 1 heteroatoms. The molecule has 0 saturated heterocycles. The Morgan fingerprint density at radius 3 is 1.28 bits per heavy atom. The second kappa shape index (κ2) is 8.10. The van der Waals surface area contributed by atoms with Crippen molar-refractivity contribution in [1.29, 1.82) is 0 Å². The Labute approximate surface area is 191 Å². The highest BCUT2D eigenvalue weighted by molar-refractivity contribution is 6.95. The van der Waals surface area contributed by atoms with E-state index in [1.54, 1.807) is 0 Å². The molecule has 0 radical (unpaired) electrons. The van der Waals surface area contributed by atoms with Crippen LogP contribution in [0.4, 0.5) is 0 Å². The van der Waals surface area contributed by atoms with Crippen molar-refractivity contribution in [3.8, 4) is 11.1 Å². The lowest BCUT2D eigenvalue weighted by Gasteiger charge is -2.19. The minimum Gasteiger partial charge on any atom is -0.0625 e. The Kier molecular flexibility index (Phi) is 4.82. The molecular weight excluding hydrogens is 400 g/mol. The molecule has 0 heterocycles. The van der Waals surface area contributed by atoms with Crippen LogP contribution >= 0.6 is 0 Å². The van der Waals surface area contributed by atoms with Crippen LogP contribution in [0.5, 0.6) is 0 Å². The van der Waals surface area contributed by atoms with Gasteiger partial charge in [0.2, 0.25) is 0 Å². The Morgan fingerprint density at radius 2 is 0.781 bits per heavy atom. The molecule has 5 aromatic carbocycles. The van der Waals surface area contributed by atoms with Crippen LogP contribution in [0.1, 0.15) is 22.6 Å². The second-order valence-electron chi connectivity index (χ2n) is 8.53. The van der Waals surface area contributed by atoms with Crippen LogP contribution < -0.4 is 15.6 Å². The van der Waals surface area contributed by atoms with Crippen LogP contribution in [0.2, 0.25) is 0 Å². The molecule has 32 heavy (non-hydrogen) atoms. The Bertz CT molecular complexity index is 1250. The lowest BCUT2D eigenvalue weighted by molar-refractivity contribution is 1.02. The van der Waals surface area contributed by atoms with Crippen molar-refractivity contribution in [2.75, 3.05) is 0 Å². The van der Waals surface area contributed by atoms with Gasteiger partial charge in [-0.05, 0) is 27.8 Å². The molecule has 0 fully saturated rings. The third-order valence-corrected chi connectivity index (χ3v) is 9.86. The van der Waals surface area contributed by atoms with E-state index in [0.717, 1.165) is 0 Å². The van der Waals surface area contributed by atoms with E-state index in [9.17, 15) is 0 Å². The van der Waals surface area contributed by atoms with Crippen LogP contribution in [0.25, 0.3) is 11.1 Å². The molecule has 0 atom stereocenters. The van der Waals surface area contributed by atoms with E-state index in [0.29, 0.717) is 5.92 Å². The first-order chi connectivity index (χ1) is 15.9. The summed E-state index contributed by atoms with van der Waals surface area (Å²) in [6.45, 7) is 0. The summed E-state index contributed by atoms with van der Waals surface area (Å²) in [4.78, 5) is 0. The molecule has 1 aliphatic rings. The fraction of sp³-hybridized carbons (Fsp3) is 0.0323. The van der Waals surface area contributed by atoms with Gasteiger partial charge in [0.05, 0.1) is 0 Å². The molecule has 0 bridgehead atoms. The van der Waals surface area contributed by atoms with E-state index in [4.69, 9.17) is 0 Å². The van der Waals surface area contributed by atoms with Crippen LogP contribution in [-0.4, -0.2) is 8.80 Å². The highest BCUT2D eigenvalue weighted by Crippen LogP contribution is 2.47. The van der Waals surface area contributed by atoms with E-state index < -0.39 is 8.80 Å². The Balaban J connectivity index is 1.44. The first-order valence-electron chi connectivity index (χ1n) is 11.3. The van der Waals surface area contributed by atoms with E-state index in [2.05, 4.69) is 133 Å². The zero-order valence-electron chi connectivity index (χ0n) is 17.9. The largest absolute Gasteiger partial charge is 0.132 e. The van der Waals surface area contributed by atoms with E-state index >= 15 is 0 Å².